The molecule has 0 saturated carbocycles. The summed E-state index contributed by atoms with van der Waals surface area (Å²) in [5, 5.41) is 7.44. The van der Waals surface area contributed by atoms with Crippen molar-refractivity contribution in [2.75, 3.05) is 7.11 Å². The molecule has 0 saturated heterocycles. The molecule has 1 unspecified atom stereocenters. The van der Waals surface area contributed by atoms with E-state index in [9.17, 15) is 4.39 Å². The third-order valence-corrected chi connectivity index (χ3v) is 3.03. The van der Waals surface area contributed by atoms with E-state index < -0.39 is 0 Å². The molecule has 0 amide bonds. The molecule has 0 fully saturated rings. The van der Waals surface area contributed by atoms with Crippen LogP contribution < -0.4 is 10.1 Å². The largest absolute Gasteiger partial charge is 0.496 e. The molecular formula is C14H18FN3O. The number of rotatable bonds is 5. The minimum Gasteiger partial charge on any atom is -0.496 e. The zero-order valence-electron chi connectivity index (χ0n) is 11.4. The minimum absolute atomic E-state index is 0.00847. The molecule has 1 aromatic carbocycles. The summed E-state index contributed by atoms with van der Waals surface area (Å²) in [6.07, 6.45) is 3.76. The van der Waals surface area contributed by atoms with Crippen molar-refractivity contribution in [3.05, 3.63) is 47.5 Å². The van der Waals surface area contributed by atoms with Gasteiger partial charge in [-0.1, -0.05) is 0 Å². The SMILES string of the molecule is COc1ccc(F)cc1C(C)NCc1cnn(C)c1. The van der Waals surface area contributed by atoms with E-state index in [-0.39, 0.29) is 11.9 Å². The van der Waals surface area contributed by atoms with Crippen LogP contribution in [-0.2, 0) is 13.6 Å². The molecule has 0 spiro atoms. The van der Waals surface area contributed by atoms with E-state index in [0.717, 1.165) is 11.1 Å². The smallest absolute Gasteiger partial charge is 0.123 e. The van der Waals surface area contributed by atoms with Gasteiger partial charge in [0.15, 0.2) is 0 Å². The third kappa shape index (κ3) is 3.32. The Morgan fingerprint density at radius 3 is 2.89 bits per heavy atom. The summed E-state index contributed by atoms with van der Waals surface area (Å²) in [5.74, 6) is 0.429. The first-order chi connectivity index (χ1) is 9.10. The number of ether oxygens (including phenoxy) is 1. The number of hydrogen-bond donors (Lipinski definition) is 1. The van der Waals surface area contributed by atoms with Crippen molar-refractivity contribution in [2.45, 2.75) is 19.5 Å². The molecular weight excluding hydrogens is 245 g/mol. The van der Waals surface area contributed by atoms with Gasteiger partial charge in [-0.3, -0.25) is 4.68 Å². The van der Waals surface area contributed by atoms with Crippen LogP contribution in [0.3, 0.4) is 0 Å². The second-order valence-electron chi connectivity index (χ2n) is 4.51. The lowest BCUT2D eigenvalue weighted by molar-refractivity contribution is 0.399. The van der Waals surface area contributed by atoms with Crippen molar-refractivity contribution < 1.29 is 9.13 Å². The Morgan fingerprint density at radius 2 is 2.26 bits per heavy atom. The molecule has 2 rings (SSSR count). The highest BCUT2D eigenvalue weighted by Crippen LogP contribution is 2.25. The Hall–Kier alpha value is -1.88. The van der Waals surface area contributed by atoms with Crippen molar-refractivity contribution in [3.8, 4) is 5.75 Å². The van der Waals surface area contributed by atoms with E-state index in [2.05, 4.69) is 10.4 Å². The average molecular weight is 263 g/mol. The predicted molar refractivity (Wildman–Crippen MR) is 71.4 cm³/mol. The van der Waals surface area contributed by atoms with Gasteiger partial charge in [-0.15, -0.1) is 0 Å². The number of aryl methyl sites for hydroxylation is 1. The highest BCUT2D eigenvalue weighted by Gasteiger charge is 2.12. The summed E-state index contributed by atoms with van der Waals surface area (Å²) in [6.45, 7) is 2.66. The highest BCUT2D eigenvalue weighted by molar-refractivity contribution is 5.36. The van der Waals surface area contributed by atoms with Gasteiger partial charge in [-0.2, -0.15) is 5.10 Å². The number of benzene rings is 1. The van der Waals surface area contributed by atoms with Gasteiger partial charge in [0.25, 0.3) is 0 Å². The van der Waals surface area contributed by atoms with E-state index in [1.165, 1.54) is 12.1 Å². The number of nitrogens with one attached hydrogen (secondary N) is 1. The molecule has 1 heterocycles. The van der Waals surface area contributed by atoms with E-state index in [1.807, 2.05) is 26.4 Å². The summed E-state index contributed by atoms with van der Waals surface area (Å²) >= 11 is 0. The molecule has 102 valence electrons. The van der Waals surface area contributed by atoms with E-state index in [4.69, 9.17) is 4.74 Å². The predicted octanol–water partition coefficient (Wildman–Crippen LogP) is 2.42. The van der Waals surface area contributed by atoms with Gasteiger partial charge >= 0.3 is 0 Å². The fraction of sp³-hybridized carbons (Fsp3) is 0.357. The molecule has 5 heteroatoms. The zero-order valence-corrected chi connectivity index (χ0v) is 11.4. The van der Waals surface area contributed by atoms with Crippen LogP contribution in [-0.4, -0.2) is 16.9 Å². The Labute approximate surface area is 112 Å². The van der Waals surface area contributed by atoms with Crippen LogP contribution in [0.1, 0.15) is 24.1 Å². The summed E-state index contributed by atoms with van der Waals surface area (Å²) < 4.78 is 20.3. The quantitative estimate of drug-likeness (QED) is 0.900. The first-order valence-electron chi connectivity index (χ1n) is 6.14. The van der Waals surface area contributed by atoms with Crippen LogP contribution in [0, 0.1) is 5.82 Å². The van der Waals surface area contributed by atoms with Crippen LogP contribution in [0.15, 0.2) is 30.6 Å². The van der Waals surface area contributed by atoms with Crippen molar-refractivity contribution in [2.24, 2.45) is 7.05 Å². The van der Waals surface area contributed by atoms with Gasteiger partial charge < -0.3 is 10.1 Å². The summed E-state index contributed by atoms with van der Waals surface area (Å²) in [7, 11) is 3.47. The monoisotopic (exact) mass is 263 g/mol. The number of nitrogens with zero attached hydrogens (tertiary/aromatic N) is 2. The third-order valence-electron chi connectivity index (χ3n) is 3.03. The van der Waals surface area contributed by atoms with Gasteiger partial charge in [0.1, 0.15) is 11.6 Å². The van der Waals surface area contributed by atoms with Crippen LogP contribution >= 0.6 is 0 Å². The Bertz CT molecular complexity index is 553. The van der Waals surface area contributed by atoms with E-state index >= 15 is 0 Å². The Balaban J connectivity index is 2.06. The fourth-order valence-electron chi connectivity index (χ4n) is 1.99. The first-order valence-corrected chi connectivity index (χ1v) is 6.14. The molecule has 2 aromatic rings. The number of methoxy groups -OCH3 is 1. The molecule has 1 N–H and O–H groups in total. The van der Waals surface area contributed by atoms with Crippen molar-refractivity contribution in [3.63, 3.8) is 0 Å². The molecule has 0 radical (unpaired) electrons. The molecule has 0 bridgehead atoms. The van der Waals surface area contributed by atoms with Gasteiger partial charge in [-0.05, 0) is 25.1 Å². The highest BCUT2D eigenvalue weighted by atomic mass is 19.1. The van der Waals surface area contributed by atoms with Gasteiger partial charge in [0, 0.05) is 37.0 Å². The van der Waals surface area contributed by atoms with Crippen molar-refractivity contribution >= 4 is 0 Å². The van der Waals surface area contributed by atoms with Crippen LogP contribution in [0.5, 0.6) is 5.75 Å². The average Bonchev–Trinajstić information content (AvgIpc) is 2.81. The molecule has 1 atom stereocenters. The lowest BCUT2D eigenvalue weighted by Crippen LogP contribution is -2.18. The standard InChI is InChI=1S/C14H18FN3O/c1-10(16-7-11-8-17-18(2)9-11)13-6-12(15)4-5-14(13)19-3/h4-6,8-10,16H,7H2,1-3H3. The first kappa shape index (κ1) is 13.5. The van der Waals surface area contributed by atoms with Crippen molar-refractivity contribution in [1.82, 2.24) is 15.1 Å². The van der Waals surface area contributed by atoms with Crippen LogP contribution in [0.2, 0.25) is 0 Å². The van der Waals surface area contributed by atoms with Gasteiger partial charge in [0.05, 0.1) is 13.3 Å². The van der Waals surface area contributed by atoms with E-state index in [0.29, 0.717) is 12.3 Å². The zero-order chi connectivity index (χ0) is 13.8. The van der Waals surface area contributed by atoms with E-state index in [1.54, 1.807) is 17.9 Å². The summed E-state index contributed by atoms with van der Waals surface area (Å²) in [5.41, 5.74) is 1.90. The maximum Gasteiger partial charge on any atom is 0.123 e. The molecule has 1 aromatic heterocycles. The maximum atomic E-state index is 13.3. The van der Waals surface area contributed by atoms with Crippen LogP contribution in [0.4, 0.5) is 4.39 Å². The molecule has 0 aliphatic carbocycles. The molecule has 0 aliphatic rings. The lowest BCUT2D eigenvalue weighted by Gasteiger charge is -2.17. The fourth-order valence-corrected chi connectivity index (χ4v) is 1.99. The molecule has 19 heavy (non-hydrogen) atoms. The van der Waals surface area contributed by atoms with Crippen molar-refractivity contribution in [1.29, 1.82) is 0 Å². The minimum atomic E-state index is -0.258. The molecule has 0 aliphatic heterocycles. The second kappa shape index (κ2) is 5.84. The van der Waals surface area contributed by atoms with Crippen LogP contribution in [0.25, 0.3) is 0 Å². The van der Waals surface area contributed by atoms with Gasteiger partial charge in [0.2, 0.25) is 0 Å². The normalized spacial score (nSPS) is 12.4. The molecule has 4 nitrogen and oxygen atoms in total. The summed E-state index contributed by atoms with van der Waals surface area (Å²) in [6, 6.07) is 4.54. The topological polar surface area (TPSA) is 39.1 Å². The van der Waals surface area contributed by atoms with Gasteiger partial charge in [-0.25, -0.2) is 4.39 Å². The Morgan fingerprint density at radius 1 is 1.47 bits per heavy atom. The maximum absolute atomic E-state index is 13.3. The Kier molecular flexibility index (Phi) is 4.16. The second-order valence-corrected chi connectivity index (χ2v) is 4.51. The number of hydrogen-bond acceptors (Lipinski definition) is 3. The summed E-state index contributed by atoms with van der Waals surface area (Å²) in [4.78, 5) is 0. The lowest BCUT2D eigenvalue weighted by atomic mass is 10.1. The number of aromatic nitrogens is 2. The number of halogens is 1.